The van der Waals surface area contributed by atoms with Crippen LogP contribution < -0.4 is 4.52 Å². The number of carbonyl (C=O) groups excluding carboxylic acids is 1. The van der Waals surface area contributed by atoms with Gasteiger partial charge in [-0.2, -0.15) is 4.39 Å². The summed E-state index contributed by atoms with van der Waals surface area (Å²) in [6.45, 7) is 11.7. The van der Waals surface area contributed by atoms with Gasteiger partial charge >= 0.3 is 5.97 Å². The Balaban J connectivity index is 0.00000191. The van der Waals surface area contributed by atoms with Crippen molar-refractivity contribution in [1.82, 2.24) is 0 Å². The molecule has 0 amide bonds. The molecule has 0 saturated carbocycles. The summed E-state index contributed by atoms with van der Waals surface area (Å²) in [6.07, 6.45) is -0.864. The molecule has 3 aromatic rings. The second kappa shape index (κ2) is 16.2. The lowest BCUT2D eigenvalue weighted by Crippen LogP contribution is -2.15. The maximum atomic E-state index is 15.7. The first-order valence-electron chi connectivity index (χ1n) is 12.3. The van der Waals surface area contributed by atoms with Crippen LogP contribution in [0.4, 0.5) is 26.3 Å². The number of hydrogen-bond donors (Lipinski definition) is 0. The van der Waals surface area contributed by atoms with Crippen LogP contribution in [0.2, 0.25) is 0 Å². The summed E-state index contributed by atoms with van der Waals surface area (Å²) in [5.41, 5.74) is 0.280. The van der Waals surface area contributed by atoms with Crippen LogP contribution in [0, 0.1) is 0 Å². The Kier molecular flexibility index (Phi) is 14.2. The smallest absolute Gasteiger partial charge is 0.353 e. The van der Waals surface area contributed by atoms with Crippen molar-refractivity contribution >= 4 is 35.5 Å². The van der Waals surface area contributed by atoms with E-state index in [0.29, 0.717) is 22.8 Å². The van der Waals surface area contributed by atoms with Gasteiger partial charge in [-0.1, -0.05) is 52.0 Å². The predicted molar refractivity (Wildman–Crippen MR) is 152 cm³/mol. The minimum atomic E-state index is -2.37. The highest BCUT2D eigenvalue weighted by molar-refractivity contribution is 7.53. The summed E-state index contributed by atoms with van der Waals surface area (Å²) in [4.78, 5) is 12.3. The van der Waals surface area contributed by atoms with E-state index in [0.717, 1.165) is 11.3 Å². The molecule has 3 nitrogen and oxygen atoms in total. The number of benzene rings is 2. The van der Waals surface area contributed by atoms with Crippen molar-refractivity contribution in [1.29, 1.82) is 0 Å². The quantitative estimate of drug-likeness (QED) is 0.0844. The largest absolute Gasteiger partial charge is 0.471 e. The van der Waals surface area contributed by atoms with Gasteiger partial charge in [-0.15, -0.1) is 11.3 Å². The van der Waals surface area contributed by atoms with Crippen molar-refractivity contribution < 1.29 is 40.4 Å². The number of fused-ring (bicyclic) bond motifs is 1. The fraction of sp³-hybridized carbons (Fsp3) is 0.276. The highest BCUT2D eigenvalue weighted by atomic mass is 32.1. The lowest BCUT2D eigenvalue weighted by atomic mass is 10.1. The van der Waals surface area contributed by atoms with Crippen LogP contribution in [0.25, 0.3) is 10.1 Å². The van der Waals surface area contributed by atoms with Gasteiger partial charge in [0.1, 0.15) is 30.9 Å². The van der Waals surface area contributed by atoms with Crippen molar-refractivity contribution in [3.05, 3.63) is 100 Å². The average molecular weight is 605 g/mol. The van der Waals surface area contributed by atoms with E-state index in [1.807, 2.05) is 27.7 Å². The monoisotopic (exact) mass is 604 g/mol. The van der Waals surface area contributed by atoms with E-state index in [1.165, 1.54) is 25.1 Å². The number of carbonyl (C=O) groups is 1. The van der Waals surface area contributed by atoms with Gasteiger partial charge in [0.05, 0.1) is 0 Å². The number of alkyl halides is 1. The van der Waals surface area contributed by atoms with Crippen molar-refractivity contribution in [2.24, 2.45) is 0 Å². The second-order valence-electron chi connectivity index (χ2n) is 7.56. The molecule has 218 valence electrons. The van der Waals surface area contributed by atoms with Gasteiger partial charge in [-0.05, 0) is 61.8 Å². The molecule has 2 atom stereocenters. The Morgan fingerprint density at radius 1 is 0.950 bits per heavy atom. The van der Waals surface area contributed by atoms with Crippen molar-refractivity contribution in [2.75, 3.05) is 6.66 Å². The highest BCUT2D eigenvalue weighted by Crippen LogP contribution is 2.55. The molecule has 1 heterocycles. The molecule has 3 rings (SSSR count). The second-order valence-corrected chi connectivity index (χ2v) is 10.7. The van der Waals surface area contributed by atoms with Crippen LogP contribution in [0.3, 0.4) is 0 Å². The van der Waals surface area contributed by atoms with Crippen molar-refractivity contribution in [3.63, 3.8) is 0 Å². The van der Waals surface area contributed by atoms with Gasteiger partial charge in [0.15, 0.2) is 11.2 Å². The van der Waals surface area contributed by atoms with E-state index >= 15 is 4.39 Å². The topological polar surface area (TPSA) is 35.5 Å². The summed E-state index contributed by atoms with van der Waals surface area (Å²) in [7, 11) is -1.62. The number of para-hydroxylation sites is 1. The Morgan fingerprint density at radius 3 is 2.10 bits per heavy atom. The van der Waals surface area contributed by atoms with Crippen LogP contribution in [-0.4, -0.2) is 12.6 Å². The lowest BCUT2D eigenvalue weighted by Gasteiger charge is -2.28. The van der Waals surface area contributed by atoms with E-state index in [1.54, 1.807) is 43.1 Å². The molecule has 2 unspecified atom stereocenters. The number of rotatable bonds is 8. The molecule has 0 bridgehead atoms. The molecule has 0 aliphatic carbocycles. The molecular weight excluding hydrogens is 573 g/mol. The molecule has 0 N–H and O–H groups in total. The van der Waals surface area contributed by atoms with Crippen molar-refractivity contribution in [3.8, 4) is 5.75 Å². The summed E-state index contributed by atoms with van der Waals surface area (Å²) >= 11 is 0.875. The van der Waals surface area contributed by atoms with Gasteiger partial charge in [0, 0.05) is 4.70 Å². The number of esters is 1. The van der Waals surface area contributed by atoms with Crippen LogP contribution in [0.15, 0.2) is 90.0 Å². The molecule has 0 aliphatic heterocycles. The first-order chi connectivity index (χ1) is 18.9. The first kappa shape index (κ1) is 34.9. The third-order valence-electron chi connectivity index (χ3n) is 5.03. The molecule has 40 heavy (non-hydrogen) atoms. The third kappa shape index (κ3) is 8.70. The van der Waals surface area contributed by atoms with E-state index in [2.05, 4.69) is 4.74 Å². The van der Waals surface area contributed by atoms with Crippen molar-refractivity contribution in [2.45, 2.75) is 47.0 Å². The van der Waals surface area contributed by atoms with E-state index < -0.39 is 54.9 Å². The zero-order valence-electron chi connectivity index (χ0n) is 23.1. The maximum absolute atomic E-state index is 15.7. The Labute approximate surface area is 235 Å². The molecule has 0 fully saturated rings. The molecule has 0 aliphatic rings. The Hall–Kier alpha value is -3.10. The van der Waals surface area contributed by atoms with E-state index in [4.69, 9.17) is 4.52 Å². The molecule has 1 aromatic heterocycles. The minimum absolute atomic E-state index is 0.143. The molecule has 0 spiro atoms. The van der Waals surface area contributed by atoms with Crippen LogP contribution in [0.5, 0.6) is 5.75 Å². The summed E-state index contributed by atoms with van der Waals surface area (Å²) in [5, 5.41) is -1.43. The van der Waals surface area contributed by atoms with E-state index in [9.17, 15) is 26.7 Å². The SMILES string of the molecule is CC.CC.C\C(F)=C(OC(=O)c1cc2cc(C(C)(F)P(C)Oc3ccccc3)ccc2s1)/C(F)=C(F)\C(F)=C\F. The number of halogens is 6. The van der Waals surface area contributed by atoms with Gasteiger partial charge in [-0.3, -0.25) is 0 Å². The fourth-order valence-electron chi connectivity index (χ4n) is 3.00. The number of thiophene rings is 1. The van der Waals surface area contributed by atoms with Crippen LogP contribution in [-0.2, 0) is 10.1 Å². The fourth-order valence-corrected chi connectivity index (χ4v) is 5.03. The average Bonchev–Trinajstić information content (AvgIpc) is 3.41. The third-order valence-corrected chi connectivity index (χ3v) is 8.05. The molecule has 0 saturated heterocycles. The molecule has 2 aromatic carbocycles. The number of allylic oxidation sites excluding steroid dienone is 4. The Morgan fingerprint density at radius 2 is 1.55 bits per heavy atom. The van der Waals surface area contributed by atoms with E-state index in [-0.39, 0.29) is 10.4 Å². The maximum Gasteiger partial charge on any atom is 0.353 e. The standard InChI is InChI=1S/C25H19F6O3PS.2C2H6/c1-14(27)23(22(30)21(29)18(28)13-26)33-24(32)20-12-15-11-16(9-10-19(15)36-20)25(2,31)35(3)34-17-7-5-4-6-8-17;2*1-2/h4-13H,1-3H3;2*1-2H3/b18-13-,22-21-,23-14-;;. The zero-order valence-corrected chi connectivity index (χ0v) is 24.8. The highest BCUT2D eigenvalue weighted by Gasteiger charge is 2.36. The summed E-state index contributed by atoms with van der Waals surface area (Å²) < 4.78 is 93.2. The molecule has 0 radical (unpaired) electrons. The van der Waals surface area contributed by atoms with Gasteiger partial charge in [0.25, 0.3) is 0 Å². The van der Waals surface area contributed by atoms with Gasteiger partial charge < -0.3 is 9.26 Å². The predicted octanol–water partition coefficient (Wildman–Crippen LogP) is 11.5. The summed E-state index contributed by atoms with van der Waals surface area (Å²) in [5.74, 6) is -10.6. The minimum Gasteiger partial charge on any atom is -0.471 e. The zero-order chi connectivity index (χ0) is 30.6. The van der Waals surface area contributed by atoms with Gasteiger partial charge in [-0.25, -0.2) is 26.7 Å². The Bertz CT molecular complexity index is 1360. The van der Waals surface area contributed by atoms with Crippen LogP contribution in [0.1, 0.15) is 56.8 Å². The normalized spacial score (nSPS) is 14.8. The van der Waals surface area contributed by atoms with Crippen LogP contribution >= 0.6 is 19.5 Å². The number of ether oxygens (including phenoxy) is 1. The summed E-state index contributed by atoms with van der Waals surface area (Å²) in [6, 6.07) is 14.7. The number of hydrogen-bond acceptors (Lipinski definition) is 4. The molecule has 11 heteroatoms. The lowest BCUT2D eigenvalue weighted by molar-refractivity contribution is 0.0616. The van der Waals surface area contributed by atoms with Gasteiger partial charge in [0.2, 0.25) is 17.4 Å². The first-order valence-corrected chi connectivity index (χ1v) is 14.8. The molecular formula is C29H31F6O3PS.